The van der Waals surface area contributed by atoms with Crippen LogP contribution in [0, 0.1) is 11.3 Å². The highest BCUT2D eigenvalue weighted by Crippen LogP contribution is 2.49. The van der Waals surface area contributed by atoms with Crippen LogP contribution in [0.1, 0.15) is 76.3 Å². The second-order valence-electron chi connectivity index (χ2n) is 11.5. The van der Waals surface area contributed by atoms with Gasteiger partial charge < -0.3 is 14.2 Å². The van der Waals surface area contributed by atoms with Crippen LogP contribution in [0.15, 0.2) is 64.8 Å². The maximum atomic E-state index is 13.6. The first-order valence-corrected chi connectivity index (χ1v) is 13.6. The van der Waals surface area contributed by atoms with Crippen LogP contribution in [0.5, 0.6) is 11.5 Å². The van der Waals surface area contributed by atoms with Crippen LogP contribution in [0.4, 0.5) is 0 Å². The predicted octanol–water partition coefficient (Wildman–Crippen LogP) is 6.58. The molecule has 0 saturated heterocycles. The summed E-state index contributed by atoms with van der Waals surface area (Å²) in [5, 5.41) is 0. The van der Waals surface area contributed by atoms with Crippen LogP contribution >= 0.6 is 0 Å². The zero-order valence-electron chi connectivity index (χ0n) is 22.8. The number of esters is 1. The molecular formula is C32H37NO5. The Bertz CT molecular complexity index is 1270. The van der Waals surface area contributed by atoms with E-state index >= 15 is 0 Å². The number of rotatable bonds is 7. The van der Waals surface area contributed by atoms with E-state index in [1.54, 1.807) is 7.11 Å². The lowest BCUT2D eigenvalue weighted by atomic mass is 9.67. The van der Waals surface area contributed by atoms with Crippen molar-refractivity contribution >= 4 is 17.5 Å². The maximum absolute atomic E-state index is 13.6. The minimum atomic E-state index is -0.652. The first kappa shape index (κ1) is 26.2. The zero-order chi connectivity index (χ0) is 26.9. The maximum Gasteiger partial charge on any atom is 0.315 e. The van der Waals surface area contributed by atoms with Crippen molar-refractivity contribution in [3.63, 3.8) is 0 Å². The molecular weight excluding hydrogens is 478 g/mol. The predicted molar refractivity (Wildman–Crippen MR) is 147 cm³/mol. The lowest BCUT2D eigenvalue weighted by Crippen LogP contribution is -2.40. The van der Waals surface area contributed by atoms with Crippen molar-refractivity contribution in [3.05, 3.63) is 70.9 Å². The van der Waals surface area contributed by atoms with Gasteiger partial charge in [-0.05, 0) is 67.7 Å². The molecule has 1 fully saturated rings. The molecule has 2 aromatic carbocycles. The van der Waals surface area contributed by atoms with E-state index in [-0.39, 0.29) is 23.3 Å². The Morgan fingerprint density at radius 1 is 1.03 bits per heavy atom. The number of hydrogen-bond donors (Lipinski definition) is 0. The van der Waals surface area contributed by atoms with Gasteiger partial charge in [0, 0.05) is 29.3 Å². The summed E-state index contributed by atoms with van der Waals surface area (Å²) < 4.78 is 17.8. The molecule has 6 nitrogen and oxygen atoms in total. The minimum Gasteiger partial charge on any atom is -0.493 e. The number of ketones is 1. The summed E-state index contributed by atoms with van der Waals surface area (Å²) in [6.07, 6.45) is 4.99. The fourth-order valence-corrected chi connectivity index (χ4v) is 6.09. The molecule has 38 heavy (non-hydrogen) atoms. The van der Waals surface area contributed by atoms with Gasteiger partial charge in [-0.3, -0.25) is 14.6 Å². The van der Waals surface area contributed by atoms with Gasteiger partial charge >= 0.3 is 5.97 Å². The molecule has 6 heteroatoms. The van der Waals surface area contributed by atoms with Crippen molar-refractivity contribution in [2.24, 2.45) is 16.3 Å². The van der Waals surface area contributed by atoms with Crippen molar-refractivity contribution in [1.29, 1.82) is 0 Å². The van der Waals surface area contributed by atoms with Crippen molar-refractivity contribution in [1.82, 2.24) is 0 Å². The lowest BCUT2D eigenvalue weighted by Gasteiger charge is -2.39. The highest BCUT2D eigenvalue weighted by molar-refractivity contribution is 6.09. The number of benzene rings is 2. The molecule has 2 atom stereocenters. The second kappa shape index (κ2) is 10.8. The number of methoxy groups -OCH3 is 1. The normalized spacial score (nSPS) is 23.1. The van der Waals surface area contributed by atoms with E-state index in [1.807, 2.05) is 55.5 Å². The monoisotopic (exact) mass is 515 g/mol. The fourth-order valence-electron chi connectivity index (χ4n) is 6.09. The average Bonchev–Trinajstić information content (AvgIpc) is 3.39. The van der Waals surface area contributed by atoms with E-state index in [4.69, 9.17) is 19.2 Å². The van der Waals surface area contributed by atoms with Crippen LogP contribution in [-0.2, 0) is 20.9 Å². The number of hydrogen-bond acceptors (Lipinski definition) is 6. The van der Waals surface area contributed by atoms with Gasteiger partial charge in [0.05, 0.1) is 7.11 Å². The highest BCUT2D eigenvalue weighted by Gasteiger charge is 2.46. The van der Waals surface area contributed by atoms with Crippen molar-refractivity contribution in [2.45, 2.75) is 77.9 Å². The first-order valence-electron chi connectivity index (χ1n) is 13.6. The molecule has 0 spiro atoms. The largest absolute Gasteiger partial charge is 0.493 e. The number of allylic oxidation sites excluding steroid dienone is 2. The van der Waals surface area contributed by atoms with Gasteiger partial charge in [0.15, 0.2) is 17.3 Å². The number of carbonyl (C=O) groups excluding carboxylic acids is 2. The molecule has 1 saturated carbocycles. The molecule has 2 aliphatic carbocycles. The minimum absolute atomic E-state index is 0.0551. The Morgan fingerprint density at radius 2 is 1.76 bits per heavy atom. The molecule has 0 amide bonds. The summed E-state index contributed by atoms with van der Waals surface area (Å²) in [6, 6.07) is 15.7. The topological polar surface area (TPSA) is 74.2 Å². The number of carbonyl (C=O) groups is 2. The van der Waals surface area contributed by atoms with Gasteiger partial charge in [0.2, 0.25) is 0 Å². The van der Waals surface area contributed by atoms with Gasteiger partial charge in [-0.25, -0.2) is 0 Å². The molecule has 1 aliphatic heterocycles. The Labute approximate surface area is 225 Å². The summed E-state index contributed by atoms with van der Waals surface area (Å²) in [6.45, 7) is 6.48. The zero-order valence-corrected chi connectivity index (χ0v) is 22.8. The Kier molecular flexibility index (Phi) is 7.42. The summed E-state index contributed by atoms with van der Waals surface area (Å²) in [4.78, 5) is 32.1. The Morgan fingerprint density at radius 3 is 2.47 bits per heavy atom. The third-order valence-electron chi connectivity index (χ3n) is 7.93. The van der Waals surface area contributed by atoms with Gasteiger partial charge in [-0.1, -0.05) is 50.2 Å². The molecule has 1 unspecified atom stereocenters. The number of aliphatic imine (C=N–C) groups is 1. The lowest BCUT2D eigenvalue weighted by molar-refractivity contribution is -0.151. The van der Waals surface area contributed by atoms with E-state index in [1.165, 1.54) is 0 Å². The smallest absolute Gasteiger partial charge is 0.315 e. The first-order chi connectivity index (χ1) is 18.3. The van der Waals surface area contributed by atoms with Crippen molar-refractivity contribution in [3.8, 4) is 11.5 Å². The summed E-state index contributed by atoms with van der Waals surface area (Å²) in [5.41, 5.74) is 3.85. The van der Waals surface area contributed by atoms with Gasteiger partial charge in [-0.15, -0.1) is 0 Å². The number of nitrogens with zero attached hydrogens (tertiary/aromatic N) is 1. The van der Waals surface area contributed by atoms with E-state index in [0.717, 1.165) is 42.5 Å². The molecule has 0 aromatic heterocycles. The average molecular weight is 516 g/mol. The molecule has 0 bridgehead atoms. The quantitative estimate of drug-likeness (QED) is 0.390. The SMILES string of the molecule is COc1cc([C@H]2C3=C(CC(C)(C)CC3=O)N=C(C)C2C(=O)OC2CCCC2)ccc1OCc1ccccc1. The Hall–Kier alpha value is -3.41. The van der Waals surface area contributed by atoms with Crippen LogP contribution in [0.2, 0.25) is 0 Å². The molecule has 0 radical (unpaired) electrons. The summed E-state index contributed by atoms with van der Waals surface area (Å²) >= 11 is 0. The third kappa shape index (κ3) is 5.40. The molecule has 1 heterocycles. The van der Waals surface area contributed by atoms with Gasteiger partial charge in [0.25, 0.3) is 0 Å². The molecule has 3 aliphatic rings. The Balaban J connectivity index is 1.51. The summed E-state index contributed by atoms with van der Waals surface area (Å²) in [5.74, 6) is -0.198. The number of ether oxygens (including phenoxy) is 3. The van der Waals surface area contributed by atoms with Crippen LogP contribution in [0.25, 0.3) is 0 Å². The molecule has 200 valence electrons. The van der Waals surface area contributed by atoms with E-state index < -0.39 is 11.8 Å². The van der Waals surface area contributed by atoms with E-state index in [0.29, 0.717) is 42.2 Å². The van der Waals surface area contributed by atoms with E-state index in [2.05, 4.69) is 13.8 Å². The van der Waals surface area contributed by atoms with E-state index in [9.17, 15) is 9.59 Å². The van der Waals surface area contributed by atoms with Crippen molar-refractivity contribution in [2.75, 3.05) is 7.11 Å². The number of Topliss-reactive ketones (excluding diaryl/α,β-unsaturated/α-hetero) is 1. The fraction of sp³-hybridized carbons (Fsp3) is 0.469. The van der Waals surface area contributed by atoms with Crippen LogP contribution in [0.3, 0.4) is 0 Å². The second-order valence-corrected chi connectivity index (χ2v) is 11.5. The van der Waals surface area contributed by atoms with Gasteiger partial charge in [0.1, 0.15) is 18.6 Å². The molecule has 5 rings (SSSR count). The highest BCUT2D eigenvalue weighted by atomic mass is 16.5. The summed E-state index contributed by atoms with van der Waals surface area (Å²) in [7, 11) is 1.60. The molecule has 0 N–H and O–H groups in total. The molecule has 2 aromatic rings. The van der Waals surface area contributed by atoms with Gasteiger partial charge in [-0.2, -0.15) is 0 Å². The van der Waals surface area contributed by atoms with Crippen LogP contribution < -0.4 is 9.47 Å². The van der Waals surface area contributed by atoms with Crippen LogP contribution in [-0.4, -0.2) is 30.7 Å². The third-order valence-corrected chi connectivity index (χ3v) is 7.93. The standard InChI is InChI=1S/C32H37NO5/c1-20-28(31(35)38-23-12-8-9-13-23)29(30-24(33-20)17-32(2,3)18-25(30)34)22-14-15-26(27(16-22)36-4)37-19-21-10-6-5-7-11-21/h5-7,10-11,14-16,23,28-29H,8-9,12-13,17-19H2,1-4H3/t28?,29-/m1/s1. The van der Waals surface area contributed by atoms with Crippen molar-refractivity contribution < 1.29 is 23.8 Å².